The van der Waals surface area contributed by atoms with Gasteiger partial charge in [-0.05, 0) is 32.1 Å². The molecule has 0 aromatic carbocycles. The number of hydrogen-bond acceptors (Lipinski definition) is 18. The Balaban J connectivity index is 1.33. The number of nitrogens with one attached hydrogen (secondary N) is 1. The van der Waals surface area contributed by atoms with Gasteiger partial charge in [-0.3, -0.25) is 4.79 Å². The average Bonchev–Trinajstić information content (AvgIpc) is 1.52. The molecule has 0 saturated carbocycles. The molecule has 0 aromatic heterocycles. The van der Waals surface area contributed by atoms with E-state index in [9.17, 15) is 61.0 Å². The van der Waals surface area contributed by atoms with E-state index in [1.807, 2.05) is 6.08 Å². The standard InChI is InChI=1S/C68H127NO18/c1-3-5-7-9-11-13-15-16-17-18-19-20-21-22-23-24-25-26-27-28-29-30-31-32-33-34-35-36-38-40-42-44-46-56(74)69-51(52(73)45-43-41-39-37-14-12-10-8-6-4-2)50-82-66-62(80)59(77)64(54(48-71)84-66)87-68-63(81)60(78)65(55(49-72)85-68)86-67-61(79)58(76)57(75)53(47-70)83-67/h14,37,43,45,51-55,57-68,70-73,75-81H,3-13,15-36,38-42,44,46-50H2,1-2H3,(H,69,74)/b37-14+,45-43+. The van der Waals surface area contributed by atoms with E-state index < -0.39 is 124 Å². The number of hydrogen-bond donors (Lipinski definition) is 12. The largest absolute Gasteiger partial charge is 0.394 e. The molecule has 1 amide bonds. The minimum absolute atomic E-state index is 0.240. The molecule has 12 N–H and O–H groups in total. The van der Waals surface area contributed by atoms with Crippen LogP contribution in [0.15, 0.2) is 24.3 Å². The Morgan fingerprint density at radius 3 is 1.15 bits per heavy atom. The zero-order valence-electron chi connectivity index (χ0n) is 54.0. The third-order valence-electron chi connectivity index (χ3n) is 17.8. The first-order valence-electron chi connectivity index (χ1n) is 35.1. The number of aliphatic hydroxyl groups excluding tert-OH is 11. The molecule has 3 aliphatic rings. The zero-order chi connectivity index (χ0) is 63.3. The minimum atomic E-state index is -1.98. The molecule has 3 aliphatic heterocycles. The monoisotopic (exact) mass is 1250 g/mol. The third kappa shape index (κ3) is 33.1. The Morgan fingerprint density at radius 1 is 0.402 bits per heavy atom. The van der Waals surface area contributed by atoms with Gasteiger partial charge in [0.15, 0.2) is 18.9 Å². The van der Waals surface area contributed by atoms with E-state index in [4.69, 9.17) is 28.4 Å². The molecular formula is C68H127NO18. The quantitative estimate of drug-likeness (QED) is 0.0200. The van der Waals surface area contributed by atoms with Crippen molar-refractivity contribution in [1.82, 2.24) is 5.32 Å². The van der Waals surface area contributed by atoms with Gasteiger partial charge in [0.1, 0.15) is 73.2 Å². The molecule has 3 fully saturated rings. The normalized spacial score (nSPS) is 28.7. The molecule has 87 heavy (non-hydrogen) atoms. The van der Waals surface area contributed by atoms with E-state index in [1.54, 1.807) is 6.08 Å². The van der Waals surface area contributed by atoms with Crippen LogP contribution in [0.5, 0.6) is 0 Å². The molecule has 3 saturated heterocycles. The van der Waals surface area contributed by atoms with Gasteiger partial charge in [-0.1, -0.05) is 256 Å². The Labute approximate surface area is 524 Å². The highest BCUT2D eigenvalue weighted by Gasteiger charge is 2.53. The number of rotatable bonds is 54. The van der Waals surface area contributed by atoms with Gasteiger partial charge >= 0.3 is 0 Å². The van der Waals surface area contributed by atoms with Crippen molar-refractivity contribution in [2.45, 2.75) is 375 Å². The van der Waals surface area contributed by atoms with Crippen LogP contribution in [0, 0.1) is 0 Å². The molecule has 0 spiro atoms. The van der Waals surface area contributed by atoms with Crippen LogP contribution in [0.1, 0.15) is 271 Å². The molecule has 3 heterocycles. The van der Waals surface area contributed by atoms with Crippen LogP contribution in [0.4, 0.5) is 0 Å². The molecule has 3 rings (SSSR count). The maximum Gasteiger partial charge on any atom is 0.220 e. The van der Waals surface area contributed by atoms with Crippen LogP contribution in [0.3, 0.4) is 0 Å². The minimum Gasteiger partial charge on any atom is -0.394 e. The second-order valence-corrected chi connectivity index (χ2v) is 25.3. The van der Waals surface area contributed by atoms with E-state index in [1.165, 1.54) is 199 Å². The van der Waals surface area contributed by atoms with Crippen molar-refractivity contribution in [3.63, 3.8) is 0 Å². The summed E-state index contributed by atoms with van der Waals surface area (Å²) in [5, 5.41) is 120. The van der Waals surface area contributed by atoms with E-state index in [0.717, 1.165) is 38.5 Å². The highest BCUT2D eigenvalue weighted by atomic mass is 16.8. The molecular weight excluding hydrogens is 1120 g/mol. The van der Waals surface area contributed by atoms with Crippen molar-refractivity contribution >= 4 is 5.91 Å². The van der Waals surface area contributed by atoms with Crippen LogP contribution in [-0.2, 0) is 33.2 Å². The van der Waals surface area contributed by atoms with Gasteiger partial charge in [0, 0.05) is 6.42 Å². The van der Waals surface area contributed by atoms with E-state index in [2.05, 4.69) is 31.3 Å². The molecule has 0 bridgehead atoms. The lowest BCUT2D eigenvalue weighted by Crippen LogP contribution is -2.66. The van der Waals surface area contributed by atoms with Gasteiger partial charge in [-0.2, -0.15) is 0 Å². The predicted molar refractivity (Wildman–Crippen MR) is 337 cm³/mol. The molecule has 19 nitrogen and oxygen atoms in total. The van der Waals surface area contributed by atoms with Crippen LogP contribution < -0.4 is 5.32 Å². The summed E-state index contributed by atoms with van der Waals surface area (Å²) in [6, 6.07) is -0.985. The summed E-state index contributed by atoms with van der Waals surface area (Å²) in [6.45, 7) is 1.69. The van der Waals surface area contributed by atoms with Gasteiger partial charge in [0.05, 0.1) is 38.6 Å². The molecule has 512 valence electrons. The lowest BCUT2D eigenvalue weighted by Gasteiger charge is -2.48. The maximum atomic E-state index is 13.3. The first kappa shape index (κ1) is 79.5. The zero-order valence-corrected chi connectivity index (χ0v) is 54.0. The van der Waals surface area contributed by atoms with E-state index in [0.29, 0.717) is 12.8 Å². The first-order chi connectivity index (χ1) is 42.3. The van der Waals surface area contributed by atoms with Gasteiger partial charge in [-0.25, -0.2) is 0 Å². The van der Waals surface area contributed by atoms with Crippen LogP contribution >= 0.6 is 0 Å². The highest BCUT2D eigenvalue weighted by molar-refractivity contribution is 5.76. The topological polar surface area (TPSA) is 307 Å². The fourth-order valence-electron chi connectivity index (χ4n) is 12.0. The smallest absolute Gasteiger partial charge is 0.220 e. The van der Waals surface area contributed by atoms with Crippen LogP contribution in [0.2, 0.25) is 0 Å². The Kier molecular flexibility index (Phi) is 46.4. The van der Waals surface area contributed by atoms with E-state index >= 15 is 0 Å². The van der Waals surface area contributed by atoms with Gasteiger partial charge in [0.25, 0.3) is 0 Å². The molecule has 0 radical (unpaired) electrons. The lowest BCUT2D eigenvalue weighted by molar-refractivity contribution is -0.379. The number of unbranched alkanes of at least 4 members (excludes halogenated alkanes) is 36. The van der Waals surface area contributed by atoms with Crippen molar-refractivity contribution in [2.75, 3.05) is 26.4 Å². The van der Waals surface area contributed by atoms with Crippen LogP contribution in [-0.4, -0.2) is 193 Å². The number of aliphatic hydroxyl groups is 11. The van der Waals surface area contributed by atoms with Gasteiger partial charge in [-0.15, -0.1) is 0 Å². The predicted octanol–water partition coefficient (Wildman–Crippen LogP) is 9.05. The summed E-state index contributed by atoms with van der Waals surface area (Å²) in [4.78, 5) is 13.3. The fraction of sp³-hybridized carbons (Fsp3) is 0.926. The number of amides is 1. The summed E-state index contributed by atoms with van der Waals surface area (Å²) in [6.07, 6.45) is 30.7. The van der Waals surface area contributed by atoms with Crippen molar-refractivity contribution in [1.29, 1.82) is 0 Å². The maximum absolute atomic E-state index is 13.3. The fourth-order valence-corrected chi connectivity index (χ4v) is 12.0. The summed E-state index contributed by atoms with van der Waals surface area (Å²) in [5.74, 6) is -0.283. The third-order valence-corrected chi connectivity index (χ3v) is 17.8. The van der Waals surface area contributed by atoms with Crippen LogP contribution in [0.25, 0.3) is 0 Å². The Morgan fingerprint density at radius 2 is 0.736 bits per heavy atom. The second kappa shape index (κ2) is 50.8. The number of ether oxygens (including phenoxy) is 6. The molecule has 0 aliphatic carbocycles. The van der Waals surface area contributed by atoms with Crippen molar-refractivity contribution in [3.8, 4) is 0 Å². The number of allylic oxidation sites excluding steroid dienone is 3. The Hall–Kier alpha value is -1.73. The molecule has 0 aromatic rings. The summed E-state index contributed by atoms with van der Waals surface area (Å²) in [7, 11) is 0. The Bertz CT molecular complexity index is 1680. The highest BCUT2D eigenvalue weighted by Crippen LogP contribution is 2.33. The van der Waals surface area contributed by atoms with Crippen molar-refractivity contribution in [2.24, 2.45) is 0 Å². The summed E-state index contributed by atoms with van der Waals surface area (Å²) < 4.78 is 34.2. The molecule has 17 unspecified atom stereocenters. The van der Waals surface area contributed by atoms with Crippen molar-refractivity contribution < 1.29 is 89.4 Å². The molecule has 19 heteroatoms. The first-order valence-corrected chi connectivity index (χ1v) is 35.1. The SMILES string of the molecule is CCCCCC/C=C/CC/C=C/C(O)C(COC1OC(CO)C(OC2OC(CO)C(OC3OC(CO)C(O)C(O)C3O)C(O)C2O)C(O)C1O)NC(=O)CCCCCCCCCCCCCCCCCCCCCCCCCCCCCCCCCC. The summed E-state index contributed by atoms with van der Waals surface area (Å²) >= 11 is 0. The van der Waals surface area contributed by atoms with Crippen molar-refractivity contribution in [3.05, 3.63) is 24.3 Å². The average molecular weight is 1250 g/mol. The number of carbonyl (C=O) groups excluding carboxylic acids is 1. The summed E-state index contributed by atoms with van der Waals surface area (Å²) in [5.41, 5.74) is 0. The molecule has 17 atom stereocenters. The number of carbonyl (C=O) groups is 1. The van der Waals surface area contributed by atoms with E-state index in [-0.39, 0.29) is 18.9 Å². The van der Waals surface area contributed by atoms with Gasteiger partial charge in [0.2, 0.25) is 5.91 Å². The second-order valence-electron chi connectivity index (χ2n) is 25.3. The lowest BCUT2D eigenvalue weighted by atomic mass is 9.96. The van der Waals surface area contributed by atoms with Gasteiger partial charge < -0.3 is 89.9 Å².